The second-order valence-corrected chi connectivity index (χ2v) is 5.98. The van der Waals surface area contributed by atoms with Crippen LogP contribution in [0.5, 0.6) is 0 Å². The number of nitrogens with one attached hydrogen (secondary N) is 2. The van der Waals surface area contributed by atoms with Gasteiger partial charge in [0, 0.05) is 5.41 Å². The van der Waals surface area contributed by atoms with E-state index in [9.17, 15) is 9.59 Å². The van der Waals surface area contributed by atoms with E-state index in [0.29, 0.717) is 5.82 Å². The molecule has 0 spiro atoms. The number of aromatic nitrogens is 3. The van der Waals surface area contributed by atoms with Crippen LogP contribution < -0.4 is 5.32 Å². The van der Waals surface area contributed by atoms with Crippen molar-refractivity contribution in [1.29, 1.82) is 0 Å². The van der Waals surface area contributed by atoms with E-state index in [1.54, 1.807) is 0 Å². The lowest BCUT2D eigenvalue weighted by Gasteiger charge is -2.18. The SMILES string of the molecule is COC(=O)C(NC(=O)c1n[nH]c(C(C)(C)C)n1)C(C)C. The monoisotopic (exact) mass is 282 g/mol. The molecule has 1 unspecified atom stereocenters. The van der Waals surface area contributed by atoms with E-state index in [-0.39, 0.29) is 17.2 Å². The Kier molecular flexibility index (Phi) is 4.86. The maximum atomic E-state index is 12.1. The van der Waals surface area contributed by atoms with Gasteiger partial charge in [0.1, 0.15) is 11.9 Å². The Bertz CT molecular complexity index is 488. The third-order valence-electron chi connectivity index (χ3n) is 2.81. The highest BCUT2D eigenvalue weighted by Crippen LogP contribution is 2.17. The minimum atomic E-state index is -0.718. The Morgan fingerprint density at radius 1 is 1.30 bits per heavy atom. The molecule has 1 heterocycles. The van der Waals surface area contributed by atoms with Gasteiger partial charge >= 0.3 is 5.97 Å². The van der Waals surface area contributed by atoms with Gasteiger partial charge in [0.2, 0.25) is 5.82 Å². The molecule has 20 heavy (non-hydrogen) atoms. The summed E-state index contributed by atoms with van der Waals surface area (Å²) >= 11 is 0. The molecule has 0 fully saturated rings. The van der Waals surface area contributed by atoms with Gasteiger partial charge in [-0.3, -0.25) is 9.89 Å². The summed E-state index contributed by atoms with van der Waals surface area (Å²) in [6.45, 7) is 9.52. The van der Waals surface area contributed by atoms with Gasteiger partial charge in [0.25, 0.3) is 5.91 Å². The van der Waals surface area contributed by atoms with Gasteiger partial charge in [0.05, 0.1) is 7.11 Å². The average molecular weight is 282 g/mol. The first-order valence-corrected chi connectivity index (χ1v) is 6.48. The third-order valence-corrected chi connectivity index (χ3v) is 2.81. The van der Waals surface area contributed by atoms with Crippen molar-refractivity contribution in [2.24, 2.45) is 5.92 Å². The van der Waals surface area contributed by atoms with E-state index < -0.39 is 17.9 Å². The highest BCUT2D eigenvalue weighted by molar-refractivity contribution is 5.93. The quantitative estimate of drug-likeness (QED) is 0.804. The molecule has 0 saturated heterocycles. The molecule has 0 aliphatic carbocycles. The summed E-state index contributed by atoms with van der Waals surface area (Å²) in [5, 5.41) is 9.20. The van der Waals surface area contributed by atoms with Crippen molar-refractivity contribution >= 4 is 11.9 Å². The molecule has 0 radical (unpaired) electrons. The molecule has 1 atom stereocenters. The lowest BCUT2D eigenvalue weighted by Crippen LogP contribution is -2.45. The van der Waals surface area contributed by atoms with E-state index >= 15 is 0 Å². The largest absolute Gasteiger partial charge is 0.467 e. The minimum absolute atomic E-state index is 0.0180. The molecule has 0 aliphatic heterocycles. The first kappa shape index (κ1) is 16.1. The molecular weight excluding hydrogens is 260 g/mol. The number of hydrogen-bond acceptors (Lipinski definition) is 5. The maximum absolute atomic E-state index is 12.1. The van der Waals surface area contributed by atoms with Crippen molar-refractivity contribution in [2.75, 3.05) is 7.11 Å². The molecule has 0 saturated carbocycles. The number of carbonyl (C=O) groups is 2. The summed E-state index contributed by atoms with van der Waals surface area (Å²) in [5.41, 5.74) is -0.231. The highest BCUT2D eigenvalue weighted by atomic mass is 16.5. The van der Waals surface area contributed by atoms with Crippen LogP contribution in [0.1, 0.15) is 51.1 Å². The molecule has 0 aromatic carbocycles. The van der Waals surface area contributed by atoms with Crippen molar-refractivity contribution in [1.82, 2.24) is 20.5 Å². The van der Waals surface area contributed by atoms with Gasteiger partial charge in [-0.15, -0.1) is 5.10 Å². The standard InChI is InChI=1S/C13H22N4O3/c1-7(2)8(11(19)20-6)14-10(18)9-15-12(17-16-9)13(3,4)5/h7-8H,1-6H3,(H,14,18)(H,15,16,17). The zero-order valence-corrected chi connectivity index (χ0v) is 12.8. The number of amides is 1. The molecule has 1 aromatic rings. The molecular formula is C13H22N4O3. The summed E-state index contributed by atoms with van der Waals surface area (Å²) in [6.07, 6.45) is 0. The zero-order chi connectivity index (χ0) is 15.5. The number of nitrogens with zero attached hydrogens (tertiary/aromatic N) is 2. The van der Waals surface area contributed by atoms with Gasteiger partial charge < -0.3 is 10.1 Å². The number of H-pyrrole nitrogens is 1. The Morgan fingerprint density at radius 3 is 2.30 bits per heavy atom. The normalized spacial score (nSPS) is 13.2. The summed E-state index contributed by atoms with van der Waals surface area (Å²) in [4.78, 5) is 27.8. The highest BCUT2D eigenvalue weighted by Gasteiger charge is 2.28. The van der Waals surface area contributed by atoms with Gasteiger partial charge in [0.15, 0.2) is 0 Å². The van der Waals surface area contributed by atoms with Crippen molar-refractivity contribution in [3.05, 3.63) is 11.6 Å². The number of carbonyl (C=O) groups excluding carboxylic acids is 2. The fourth-order valence-corrected chi connectivity index (χ4v) is 1.53. The van der Waals surface area contributed by atoms with Gasteiger partial charge in [-0.2, -0.15) is 0 Å². The summed E-state index contributed by atoms with van der Waals surface area (Å²) in [6, 6.07) is -0.718. The number of hydrogen-bond donors (Lipinski definition) is 2. The van der Waals surface area contributed by atoms with Crippen LogP contribution in [0.3, 0.4) is 0 Å². The molecule has 1 amide bonds. The molecule has 7 nitrogen and oxygen atoms in total. The van der Waals surface area contributed by atoms with Crippen molar-refractivity contribution < 1.29 is 14.3 Å². The molecule has 2 N–H and O–H groups in total. The van der Waals surface area contributed by atoms with E-state index in [2.05, 4.69) is 25.2 Å². The number of rotatable bonds is 4. The van der Waals surface area contributed by atoms with Crippen LogP contribution >= 0.6 is 0 Å². The lowest BCUT2D eigenvalue weighted by atomic mass is 9.96. The Labute approximate surface area is 118 Å². The van der Waals surface area contributed by atoms with Gasteiger partial charge in [-0.05, 0) is 5.92 Å². The van der Waals surface area contributed by atoms with Crippen LogP contribution in [-0.2, 0) is 14.9 Å². The van der Waals surface area contributed by atoms with Crippen LogP contribution in [-0.4, -0.2) is 40.2 Å². The van der Waals surface area contributed by atoms with Crippen molar-refractivity contribution in [3.63, 3.8) is 0 Å². The summed E-state index contributed by atoms with van der Waals surface area (Å²) in [7, 11) is 1.29. The van der Waals surface area contributed by atoms with E-state index in [1.165, 1.54) is 7.11 Å². The second kappa shape index (κ2) is 6.02. The van der Waals surface area contributed by atoms with Crippen LogP contribution in [0.2, 0.25) is 0 Å². The fourth-order valence-electron chi connectivity index (χ4n) is 1.53. The molecule has 0 aliphatic rings. The van der Waals surface area contributed by atoms with Crippen LogP contribution in [0.15, 0.2) is 0 Å². The zero-order valence-electron chi connectivity index (χ0n) is 12.8. The number of aromatic amines is 1. The average Bonchev–Trinajstić information content (AvgIpc) is 2.83. The smallest absolute Gasteiger partial charge is 0.328 e. The van der Waals surface area contributed by atoms with Crippen LogP contribution in [0.4, 0.5) is 0 Å². The molecule has 1 rings (SSSR count). The van der Waals surface area contributed by atoms with E-state index in [4.69, 9.17) is 0 Å². The van der Waals surface area contributed by atoms with Crippen LogP contribution in [0, 0.1) is 5.92 Å². The molecule has 7 heteroatoms. The number of esters is 1. The van der Waals surface area contributed by atoms with E-state index in [0.717, 1.165) is 0 Å². The van der Waals surface area contributed by atoms with E-state index in [1.807, 2.05) is 34.6 Å². The lowest BCUT2D eigenvalue weighted by molar-refractivity contribution is -0.144. The first-order valence-electron chi connectivity index (χ1n) is 6.48. The Balaban J connectivity index is 2.85. The van der Waals surface area contributed by atoms with Crippen LogP contribution in [0.25, 0.3) is 0 Å². The number of methoxy groups -OCH3 is 1. The Morgan fingerprint density at radius 2 is 1.90 bits per heavy atom. The first-order chi connectivity index (χ1) is 9.16. The number of ether oxygens (including phenoxy) is 1. The third kappa shape index (κ3) is 3.79. The fraction of sp³-hybridized carbons (Fsp3) is 0.692. The van der Waals surface area contributed by atoms with Crippen molar-refractivity contribution in [3.8, 4) is 0 Å². The van der Waals surface area contributed by atoms with Gasteiger partial charge in [-0.25, -0.2) is 9.78 Å². The predicted octanol–water partition coefficient (Wildman–Crippen LogP) is 1.03. The van der Waals surface area contributed by atoms with Crippen molar-refractivity contribution in [2.45, 2.75) is 46.1 Å². The topological polar surface area (TPSA) is 97.0 Å². The minimum Gasteiger partial charge on any atom is -0.467 e. The summed E-state index contributed by atoms with van der Waals surface area (Å²) < 4.78 is 4.67. The molecule has 0 bridgehead atoms. The summed E-state index contributed by atoms with van der Waals surface area (Å²) in [5.74, 6) is -0.445. The molecule has 1 aromatic heterocycles. The van der Waals surface area contributed by atoms with Gasteiger partial charge in [-0.1, -0.05) is 34.6 Å². The maximum Gasteiger partial charge on any atom is 0.328 e. The molecule has 112 valence electrons. The Hall–Kier alpha value is -1.92. The second-order valence-electron chi connectivity index (χ2n) is 5.98. The predicted molar refractivity (Wildman–Crippen MR) is 73.2 cm³/mol.